The maximum Gasteiger partial charge on any atom is 0.334 e. The van der Waals surface area contributed by atoms with E-state index in [1.807, 2.05) is 0 Å². The van der Waals surface area contributed by atoms with Gasteiger partial charge in [0.25, 0.3) is 6.08 Å². The van der Waals surface area contributed by atoms with Crippen molar-refractivity contribution in [2.24, 2.45) is 5.10 Å². The van der Waals surface area contributed by atoms with Crippen LogP contribution >= 0.6 is 10.7 Å². The third-order valence-electron chi connectivity index (χ3n) is 0.200. The monoisotopic (exact) mass is 156 g/mol. The van der Waals surface area contributed by atoms with Gasteiger partial charge in [-0.1, -0.05) is 5.10 Å². The molecule has 5 nitrogen and oxygen atoms in total. The highest BCUT2D eigenvalue weighted by atomic mass is 35.7. The summed E-state index contributed by atoms with van der Waals surface area (Å²) < 4.78 is 19.5. The van der Waals surface area contributed by atoms with Crippen molar-refractivity contribution in [3.63, 3.8) is 0 Å². The summed E-state index contributed by atoms with van der Waals surface area (Å²) >= 11 is 0. The van der Waals surface area contributed by atoms with Gasteiger partial charge in [-0.05, 0) is 0 Å². The quantitative estimate of drug-likeness (QED) is 0.249. The van der Waals surface area contributed by atoms with Gasteiger partial charge in [0.15, 0.2) is 0 Å². The molecule has 0 aromatic rings. The van der Waals surface area contributed by atoms with E-state index in [9.17, 15) is 13.2 Å². The number of nitrogens with one attached hydrogen (secondary N) is 1. The Morgan fingerprint density at radius 1 is 1.62 bits per heavy atom. The summed E-state index contributed by atoms with van der Waals surface area (Å²) in [5.41, 5.74) is 0. The Labute approximate surface area is 49.9 Å². The smallest absolute Gasteiger partial charge is 0.209 e. The van der Waals surface area contributed by atoms with Crippen LogP contribution in [0.4, 0.5) is 0 Å². The number of carbonyl (C=O) groups excluding carboxylic acids is 1. The first-order valence-electron chi connectivity index (χ1n) is 1.34. The predicted molar refractivity (Wildman–Crippen MR) is 26.0 cm³/mol. The molecule has 0 atom stereocenters. The molecule has 8 heavy (non-hydrogen) atoms. The molecule has 7 heteroatoms. The molecule has 0 heterocycles. The van der Waals surface area contributed by atoms with Gasteiger partial charge in [-0.25, -0.2) is 4.79 Å². The van der Waals surface area contributed by atoms with Crippen LogP contribution in [-0.2, 0) is 14.0 Å². The van der Waals surface area contributed by atoms with Gasteiger partial charge < -0.3 is 0 Å². The summed E-state index contributed by atoms with van der Waals surface area (Å²) in [6.45, 7) is 0. The third kappa shape index (κ3) is 5.42. The van der Waals surface area contributed by atoms with Gasteiger partial charge in [0, 0.05) is 10.7 Å². The van der Waals surface area contributed by atoms with Crippen LogP contribution in [0.2, 0.25) is 0 Å². The molecule has 0 fully saturated rings. The van der Waals surface area contributed by atoms with E-state index >= 15 is 0 Å². The zero-order valence-electron chi connectivity index (χ0n) is 3.46. The first-order chi connectivity index (χ1) is 3.56. The normalized spacial score (nSPS) is 9.62. The summed E-state index contributed by atoms with van der Waals surface area (Å²) in [7, 11) is 0.607. The zero-order chi connectivity index (χ0) is 6.62. The molecular formula is CHClN2O3S. The Hall–Kier alpha value is -0.580. The SMILES string of the molecule is O=C=NNS(=O)(=O)Cl. The molecule has 0 amide bonds. The lowest BCUT2D eigenvalue weighted by Crippen LogP contribution is -2.09. The van der Waals surface area contributed by atoms with Crippen LogP contribution in [0.3, 0.4) is 0 Å². The van der Waals surface area contributed by atoms with Gasteiger partial charge in [-0.3, -0.25) is 0 Å². The van der Waals surface area contributed by atoms with Crippen LogP contribution in [0.5, 0.6) is 0 Å². The molecule has 0 aliphatic heterocycles. The van der Waals surface area contributed by atoms with Gasteiger partial charge in [0.05, 0.1) is 0 Å². The molecule has 0 aliphatic carbocycles. The first kappa shape index (κ1) is 7.42. The molecule has 0 spiro atoms. The van der Waals surface area contributed by atoms with Crippen molar-refractivity contribution in [3.05, 3.63) is 0 Å². The average molecular weight is 157 g/mol. The molecule has 0 saturated carbocycles. The second-order valence-corrected chi connectivity index (χ2v) is 3.01. The van der Waals surface area contributed by atoms with E-state index in [0.717, 1.165) is 6.08 Å². The van der Waals surface area contributed by atoms with Gasteiger partial charge >= 0.3 is 9.24 Å². The van der Waals surface area contributed by atoms with E-state index in [1.165, 1.54) is 4.83 Å². The standard InChI is InChI=1S/CHClN2O3S/c2-8(6,7)4-3-1-5/h4H. The summed E-state index contributed by atoms with van der Waals surface area (Å²) in [6, 6.07) is 0. The van der Waals surface area contributed by atoms with Crippen molar-refractivity contribution in [3.8, 4) is 0 Å². The van der Waals surface area contributed by atoms with E-state index in [1.54, 1.807) is 0 Å². The number of isocyanates is 1. The second-order valence-electron chi connectivity index (χ2n) is 0.732. The largest absolute Gasteiger partial charge is 0.334 e. The van der Waals surface area contributed by atoms with E-state index in [2.05, 4.69) is 15.8 Å². The highest BCUT2D eigenvalue weighted by molar-refractivity contribution is 8.12. The topological polar surface area (TPSA) is 75.6 Å². The molecule has 0 radical (unpaired) electrons. The highest BCUT2D eigenvalue weighted by Crippen LogP contribution is 1.86. The van der Waals surface area contributed by atoms with Gasteiger partial charge in [-0.2, -0.15) is 13.2 Å². The fourth-order valence-corrected chi connectivity index (χ4v) is 0.323. The van der Waals surface area contributed by atoms with Crippen LogP contribution in [0.15, 0.2) is 5.10 Å². The Morgan fingerprint density at radius 2 is 2.12 bits per heavy atom. The average Bonchev–Trinajstić information content (AvgIpc) is 1.59. The summed E-state index contributed by atoms with van der Waals surface area (Å²) in [6.07, 6.45) is 0.925. The Kier molecular flexibility index (Phi) is 2.47. The molecule has 0 aromatic carbocycles. The van der Waals surface area contributed by atoms with Gasteiger partial charge in [-0.15, -0.1) is 0 Å². The van der Waals surface area contributed by atoms with Crippen molar-refractivity contribution >= 4 is 26.0 Å². The highest BCUT2D eigenvalue weighted by Gasteiger charge is 1.97. The van der Waals surface area contributed by atoms with Gasteiger partial charge in [0.2, 0.25) is 0 Å². The van der Waals surface area contributed by atoms with E-state index < -0.39 is 9.24 Å². The maximum atomic E-state index is 9.77. The van der Waals surface area contributed by atoms with E-state index in [-0.39, 0.29) is 0 Å². The van der Waals surface area contributed by atoms with Crippen molar-refractivity contribution in [1.82, 2.24) is 4.83 Å². The fourth-order valence-electron chi connectivity index (χ4n) is 0.0732. The second kappa shape index (κ2) is 2.66. The Morgan fingerprint density at radius 3 is 2.25 bits per heavy atom. The summed E-state index contributed by atoms with van der Waals surface area (Å²) in [4.78, 5) is 10.5. The molecule has 46 valence electrons. The van der Waals surface area contributed by atoms with Crippen LogP contribution < -0.4 is 4.83 Å². The fraction of sp³-hybridized carbons (Fsp3) is 0. The molecule has 0 rings (SSSR count). The first-order valence-corrected chi connectivity index (χ1v) is 3.65. The number of halogens is 1. The molecule has 0 saturated heterocycles. The third-order valence-corrected chi connectivity index (χ3v) is 0.717. The lowest BCUT2D eigenvalue weighted by Gasteiger charge is -1.83. The van der Waals surface area contributed by atoms with Crippen molar-refractivity contribution in [2.75, 3.05) is 0 Å². The minimum Gasteiger partial charge on any atom is -0.209 e. The van der Waals surface area contributed by atoms with Crippen LogP contribution in [0, 0.1) is 0 Å². The summed E-state index contributed by atoms with van der Waals surface area (Å²) in [5.74, 6) is 0. The number of rotatable bonds is 2. The number of nitrogens with zero attached hydrogens (tertiary/aromatic N) is 1. The molecule has 0 aromatic heterocycles. The number of hydrogen-bond donors (Lipinski definition) is 1. The zero-order valence-corrected chi connectivity index (χ0v) is 5.03. The molecule has 1 N–H and O–H groups in total. The lowest BCUT2D eigenvalue weighted by atomic mass is 11.6. The Balaban J connectivity index is 3.94. The van der Waals surface area contributed by atoms with Crippen LogP contribution in [0.1, 0.15) is 0 Å². The van der Waals surface area contributed by atoms with Crippen LogP contribution in [-0.4, -0.2) is 14.5 Å². The molecule has 0 aliphatic rings. The number of hydrogen-bond acceptors (Lipinski definition) is 4. The Bertz CT molecular complexity index is 201. The number of hydrazone groups is 1. The molecule has 0 bridgehead atoms. The molecular weight excluding hydrogens is 156 g/mol. The van der Waals surface area contributed by atoms with Crippen molar-refractivity contribution in [1.29, 1.82) is 0 Å². The summed E-state index contributed by atoms with van der Waals surface area (Å²) in [5, 5.41) is 2.47. The minimum absolute atomic E-state index is 0.925. The van der Waals surface area contributed by atoms with Crippen molar-refractivity contribution in [2.45, 2.75) is 0 Å². The van der Waals surface area contributed by atoms with Crippen LogP contribution in [0.25, 0.3) is 0 Å². The van der Waals surface area contributed by atoms with Crippen molar-refractivity contribution < 1.29 is 13.2 Å². The maximum absolute atomic E-state index is 9.77. The van der Waals surface area contributed by atoms with Gasteiger partial charge in [0.1, 0.15) is 0 Å². The van der Waals surface area contributed by atoms with E-state index in [4.69, 9.17) is 0 Å². The molecule has 0 unspecified atom stereocenters. The predicted octanol–water partition coefficient (Wildman–Crippen LogP) is -0.690. The van der Waals surface area contributed by atoms with E-state index in [0.29, 0.717) is 0 Å². The minimum atomic E-state index is -3.89. The lowest BCUT2D eigenvalue weighted by molar-refractivity contribution is 0.559.